The van der Waals surface area contributed by atoms with Crippen LogP contribution in [-0.2, 0) is 0 Å². The van der Waals surface area contributed by atoms with Crippen molar-refractivity contribution in [1.82, 2.24) is 25.0 Å². The van der Waals surface area contributed by atoms with Crippen LogP contribution >= 0.6 is 0 Å². The molecule has 4 rings (SSSR count). The summed E-state index contributed by atoms with van der Waals surface area (Å²) >= 11 is 0. The zero-order chi connectivity index (χ0) is 18.6. The van der Waals surface area contributed by atoms with Crippen molar-refractivity contribution in [3.8, 4) is 0 Å². The zero-order valence-electron chi connectivity index (χ0n) is 15.6. The summed E-state index contributed by atoms with van der Waals surface area (Å²) in [7, 11) is 0. The third-order valence-corrected chi connectivity index (χ3v) is 5.26. The molecule has 9 heteroatoms. The number of nitrogens with zero attached hydrogens (tertiary/aromatic N) is 7. The number of aromatic nitrogens is 3. The van der Waals surface area contributed by atoms with Gasteiger partial charge in [-0.25, -0.2) is 0 Å². The predicted octanol–water partition coefficient (Wildman–Crippen LogP) is 0.569. The van der Waals surface area contributed by atoms with E-state index < -0.39 is 0 Å². The number of carbonyl (C=O) groups excluding carboxylic acids is 1. The van der Waals surface area contributed by atoms with E-state index in [0.717, 1.165) is 38.5 Å². The summed E-state index contributed by atoms with van der Waals surface area (Å²) in [5.41, 5.74) is 0. The molecule has 2 aliphatic heterocycles. The van der Waals surface area contributed by atoms with Crippen molar-refractivity contribution in [3.05, 3.63) is 30.4 Å². The van der Waals surface area contributed by atoms with Crippen LogP contribution in [0.4, 0.5) is 11.8 Å². The number of rotatable bonds is 4. The molecule has 0 unspecified atom stereocenters. The van der Waals surface area contributed by atoms with Gasteiger partial charge in [-0.2, -0.15) is 10.1 Å². The lowest BCUT2D eigenvalue weighted by atomic mass is 10.3. The summed E-state index contributed by atoms with van der Waals surface area (Å²) < 4.78 is 5.21. The topological polar surface area (TPSA) is 81.8 Å². The van der Waals surface area contributed by atoms with Gasteiger partial charge >= 0.3 is 0 Å². The van der Waals surface area contributed by atoms with Crippen LogP contribution in [0.1, 0.15) is 17.5 Å². The summed E-state index contributed by atoms with van der Waals surface area (Å²) in [6.45, 7) is 9.87. The first-order valence-electron chi connectivity index (χ1n) is 9.49. The van der Waals surface area contributed by atoms with E-state index in [1.54, 1.807) is 23.2 Å². The molecule has 144 valence electrons. The van der Waals surface area contributed by atoms with Crippen LogP contribution < -0.4 is 9.80 Å². The summed E-state index contributed by atoms with van der Waals surface area (Å²) in [6, 6.07) is 3.43. The second kappa shape index (κ2) is 7.91. The van der Waals surface area contributed by atoms with Gasteiger partial charge in [0.25, 0.3) is 5.91 Å². The molecule has 27 heavy (non-hydrogen) atoms. The number of furan rings is 1. The van der Waals surface area contributed by atoms with Gasteiger partial charge in [0.1, 0.15) is 0 Å². The van der Waals surface area contributed by atoms with Gasteiger partial charge in [0.2, 0.25) is 5.95 Å². The molecule has 9 nitrogen and oxygen atoms in total. The summed E-state index contributed by atoms with van der Waals surface area (Å²) in [5.74, 6) is 1.83. The second-order valence-corrected chi connectivity index (χ2v) is 6.79. The van der Waals surface area contributed by atoms with Crippen molar-refractivity contribution >= 4 is 17.7 Å². The maximum Gasteiger partial charge on any atom is 0.289 e. The molecule has 4 heterocycles. The summed E-state index contributed by atoms with van der Waals surface area (Å²) in [6.07, 6.45) is 3.26. The molecule has 2 aromatic heterocycles. The minimum Gasteiger partial charge on any atom is -0.459 e. The van der Waals surface area contributed by atoms with E-state index in [9.17, 15) is 4.79 Å². The number of amides is 1. The Kier molecular flexibility index (Phi) is 5.19. The largest absolute Gasteiger partial charge is 0.459 e. The highest BCUT2D eigenvalue weighted by molar-refractivity contribution is 5.91. The van der Waals surface area contributed by atoms with E-state index in [4.69, 9.17) is 9.40 Å². The molecule has 2 aliphatic rings. The highest BCUT2D eigenvalue weighted by Gasteiger charge is 2.26. The van der Waals surface area contributed by atoms with E-state index in [1.807, 2.05) is 0 Å². The van der Waals surface area contributed by atoms with Crippen LogP contribution in [0, 0.1) is 0 Å². The zero-order valence-corrected chi connectivity index (χ0v) is 15.6. The Morgan fingerprint density at radius 1 is 1.07 bits per heavy atom. The Bertz CT molecular complexity index is 751. The highest BCUT2D eigenvalue weighted by Crippen LogP contribution is 2.17. The van der Waals surface area contributed by atoms with Gasteiger partial charge in [0, 0.05) is 52.4 Å². The minimum atomic E-state index is -0.0683. The SMILES string of the molecule is CCN1CCN(c2cnnc(N3CCN(C(=O)c4ccco4)CC3)n2)CC1. The molecular formula is C18H25N7O2. The third kappa shape index (κ3) is 3.87. The van der Waals surface area contributed by atoms with Gasteiger partial charge in [0.15, 0.2) is 11.6 Å². The lowest BCUT2D eigenvalue weighted by molar-refractivity contribution is 0.0714. The maximum absolute atomic E-state index is 12.4. The van der Waals surface area contributed by atoms with Crippen molar-refractivity contribution in [1.29, 1.82) is 0 Å². The molecule has 0 bridgehead atoms. The van der Waals surface area contributed by atoms with Crippen LogP contribution in [0.5, 0.6) is 0 Å². The molecular weight excluding hydrogens is 346 g/mol. The summed E-state index contributed by atoms with van der Waals surface area (Å²) in [4.78, 5) is 25.7. The molecule has 2 fully saturated rings. The Morgan fingerprint density at radius 3 is 2.48 bits per heavy atom. The van der Waals surface area contributed by atoms with Gasteiger partial charge in [-0.3, -0.25) is 4.79 Å². The van der Waals surface area contributed by atoms with Gasteiger partial charge in [-0.05, 0) is 18.7 Å². The van der Waals surface area contributed by atoms with Crippen molar-refractivity contribution < 1.29 is 9.21 Å². The summed E-state index contributed by atoms with van der Waals surface area (Å²) in [5, 5.41) is 8.38. The van der Waals surface area contributed by atoms with Gasteiger partial charge < -0.3 is 24.0 Å². The third-order valence-electron chi connectivity index (χ3n) is 5.26. The Morgan fingerprint density at radius 2 is 1.81 bits per heavy atom. The molecule has 0 N–H and O–H groups in total. The van der Waals surface area contributed by atoms with E-state index in [-0.39, 0.29) is 5.91 Å². The van der Waals surface area contributed by atoms with Gasteiger partial charge in [-0.1, -0.05) is 6.92 Å². The number of likely N-dealkylation sites (N-methyl/N-ethyl adjacent to an activating group) is 1. The van der Waals surface area contributed by atoms with E-state index >= 15 is 0 Å². The lowest BCUT2D eigenvalue weighted by Crippen LogP contribution is -2.49. The normalized spacial score (nSPS) is 18.8. The van der Waals surface area contributed by atoms with Crippen LogP contribution in [0.3, 0.4) is 0 Å². The standard InChI is InChI=1S/C18H25N7O2/c1-2-22-5-7-23(8-6-22)16-14-19-21-18(20-16)25-11-9-24(10-12-25)17(26)15-4-3-13-27-15/h3-4,13-14H,2,5-12H2,1H3. The molecule has 0 aromatic carbocycles. The van der Waals surface area contributed by atoms with Gasteiger partial charge in [-0.15, -0.1) is 5.10 Å². The van der Waals surface area contributed by atoms with E-state index in [2.05, 4.69) is 31.8 Å². The molecule has 0 spiro atoms. The fourth-order valence-corrected chi connectivity index (χ4v) is 3.53. The van der Waals surface area contributed by atoms with Crippen molar-refractivity contribution in [3.63, 3.8) is 0 Å². The van der Waals surface area contributed by atoms with E-state index in [0.29, 0.717) is 37.9 Å². The first kappa shape index (κ1) is 17.7. The molecule has 2 saturated heterocycles. The van der Waals surface area contributed by atoms with Gasteiger partial charge in [0.05, 0.1) is 12.5 Å². The monoisotopic (exact) mass is 371 g/mol. The predicted molar refractivity (Wildman–Crippen MR) is 101 cm³/mol. The Balaban J connectivity index is 1.37. The first-order chi connectivity index (χ1) is 13.2. The number of anilines is 2. The number of piperazine rings is 2. The lowest BCUT2D eigenvalue weighted by Gasteiger charge is -2.36. The van der Waals surface area contributed by atoms with Crippen LogP contribution in [0.25, 0.3) is 0 Å². The molecule has 2 aromatic rings. The van der Waals surface area contributed by atoms with Crippen LogP contribution in [0.15, 0.2) is 29.0 Å². The highest BCUT2D eigenvalue weighted by atomic mass is 16.3. The quantitative estimate of drug-likeness (QED) is 0.772. The number of hydrogen-bond acceptors (Lipinski definition) is 8. The Hall–Kier alpha value is -2.68. The molecule has 0 atom stereocenters. The Labute approximate surface area is 158 Å². The van der Waals surface area contributed by atoms with E-state index in [1.165, 1.54) is 6.26 Å². The van der Waals surface area contributed by atoms with Crippen molar-refractivity contribution in [2.24, 2.45) is 0 Å². The fourth-order valence-electron chi connectivity index (χ4n) is 3.53. The molecule has 0 aliphatic carbocycles. The average molecular weight is 371 g/mol. The molecule has 0 radical (unpaired) electrons. The molecule has 1 amide bonds. The average Bonchev–Trinajstić information content (AvgIpc) is 3.28. The fraction of sp³-hybridized carbons (Fsp3) is 0.556. The smallest absolute Gasteiger partial charge is 0.289 e. The van der Waals surface area contributed by atoms with Crippen LogP contribution in [-0.4, -0.2) is 89.8 Å². The second-order valence-electron chi connectivity index (χ2n) is 6.79. The number of carbonyl (C=O) groups is 1. The number of hydrogen-bond donors (Lipinski definition) is 0. The van der Waals surface area contributed by atoms with Crippen molar-refractivity contribution in [2.75, 3.05) is 68.7 Å². The first-order valence-corrected chi connectivity index (χ1v) is 9.49. The van der Waals surface area contributed by atoms with Crippen molar-refractivity contribution in [2.45, 2.75) is 6.92 Å². The molecule has 0 saturated carbocycles. The maximum atomic E-state index is 12.4. The van der Waals surface area contributed by atoms with Crippen LogP contribution in [0.2, 0.25) is 0 Å². The minimum absolute atomic E-state index is 0.0683.